The summed E-state index contributed by atoms with van der Waals surface area (Å²) < 4.78 is 61.8. The number of ether oxygens (including phenoxy) is 1. The van der Waals surface area contributed by atoms with Gasteiger partial charge in [0.05, 0.1) is 10.6 Å². The Morgan fingerprint density at radius 1 is 1.20 bits per heavy atom. The Morgan fingerprint density at radius 3 is 2.57 bits per heavy atom. The summed E-state index contributed by atoms with van der Waals surface area (Å²) in [7, 11) is -3.98. The fourth-order valence-electron chi connectivity index (χ4n) is 4.78. The average molecular weight is 522 g/mol. The molecule has 2 aromatic heterocycles. The predicted molar refractivity (Wildman–Crippen MR) is 123 cm³/mol. The lowest BCUT2D eigenvalue weighted by Crippen LogP contribution is -2.45. The van der Waals surface area contributed by atoms with E-state index in [-0.39, 0.29) is 23.7 Å². The molecule has 4 heterocycles. The molecule has 1 aromatic carbocycles. The van der Waals surface area contributed by atoms with Gasteiger partial charge in [0.2, 0.25) is 5.69 Å². The molecule has 11 heteroatoms. The molecule has 0 aliphatic carbocycles. The first kappa shape index (κ1) is 24.1. The number of piperidine rings is 1. The molecule has 0 radical (unpaired) electrons. The molecule has 5 rings (SSSR count). The maximum Gasteiger partial charge on any atom is 0.272 e. The molecule has 2 aliphatic heterocycles. The van der Waals surface area contributed by atoms with Crippen LogP contribution in [0, 0.1) is 5.21 Å². The Labute approximate surface area is 206 Å². The molecule has 3 aromatic rings. The van der Waals surface area contributed by atoms with Crippen LogP contribution >= 0.6 is 11.6 Å². The fourth-order valence-corrected chi connectivity index (χ4v) is 6.30. The molecule has 0 bridgehead atoms. The van der Waals surface area contributed by atoms with E-state index in [4.69, 9.17) is 16.3 Å². The van der Waals surface area contributed by atoms with Crippen LogP contribution in [0.1, 0.15) is 48.3 Å². The van der Waals surface area contributed by atoms with Crippen molar-refractivity contribution in [1.29, 1.82) is 0 Å². The highest BCUT2D eigenvalue weighted by Crippen LogP contribution is 2.51. The van der Waals surface area contributed by atoms with E-state index in [9.17, 15) is 22.4 Å². The number of sulfonamides is 1. The van der Waals surface area contributed by atoms with Gasteiger partial charge >= 0.3 is 0 Å². The van der Waals surface area contributed by atoms with E-state index in [2.05, 4.69) is 4.98 Å². The van der Waals surface area contributed by atoms with E-state index < -0.39 is 27.7 Å². The molecule has 0 amide bonds. The maximum absolute atomic E-state index is 13.5. The summed E-state index contributed by atoms with van der Waals surface area (Å²) in [6.07, 6.45) is 2.28. The highest BCUT2D eigenvalue weighted by Gasteiger charge is 2.50. The van der Waals surface area contributed by atoms with Gasteiger partial charge in [-0.25, -0.2) is 22.2 Å². The number of fused-ring (bicyclic) bond motifs is 2. The zero-order chi connectivity index (χ0) is 25.0. The Kier molecular flexibility index (Phi) is 5.83. The van der Waals surface area contributed by atoms with E-state index in [1.54, 1.807) is 6.07 Å². The van der Waals surface area contributed by atoms with Crippen molar-refractivity contribution in [3.8, 4) is 0 Å². The minimum Gasteiger partial charge on any atom is -0.618 e. The van der Waals surface area contributed by atoms with Gasteiger partial charge in [-0.15, -0.1) is 0 Å². The standard InChI is InChI=1S/C24H22ClF2N3O4S/c1-23(26,27)16-6-7-21(28-15-16)35(32,33)29-12-9-24(10-13-29)19-5-3-2-4-18(19)22(34-24)20-14-17(25)8-11-30(20)31/h2-8,11,14-15,22H,9-10,12-13H2,1H3. The zero-order valence-corrected chi connectivity index (χ0v) is 20.3. The summed E-state index contributed by atoms with van der Waals surface area (Å²) in [4.78, 5) is 3.80. The summed E-state index contributed by atoms with van der Waals surface area (Å²) >= 11 is 6.13. The van der Waals surface area contributed by atoms with Gasteiger partial charge in [0, 0.05) is 43.9 Å². The molecule has 2 aliphatic rings. The molecule has 1 saturated heterocycles. The van der Waals surface area contributed by atoms with Gasteiger partial charge in [0.1, 0.15) is 0 Å². The van der Waals surface area contributed by atoms with Crippen LogP contribution in [0.25, 0.3) is 0 Å². The van der Waals surface area contributed by atoms with E-state index in [0.717, 1.165) is 41.1 Å². The predicted octanol–water partition coefficient (Wildman–Crippen LogP) is 4.28. The van der Waals surface area contributed by atoms with E-state index in [1.807, 2.05) is 24.3 Å². The maximum atomic E-state index is 13.5. The molecule has 1 fully saturated rings. The summed E-state index contributed by atoms with van der Waals surface area (Å²) in [5.41, 5.74) is 0.981. The van der Waals surface area contributed by atoms with Gasteiger partial charge in [-0.3, -0.25) is 0 Å². The fraction of sp³-hybridized carbons (Fsp3) is 0.333. The number of rotatable bonds is 4. The van der Waals surface area contributed by atoms with E-state index in [1.165, 1.54) is 16.6 Å². The van der Waals surface area contributed by atoms with Crippen molar-refractivity contribution in [3.63, 3.8) is 0 Å². The Balaban J connectivity index is 1.41. The minimum atomic E-state index is -3.98. The monoisotopic (exact) mass is 521 g/mol. The Bertz CT molecular complexity index is 1370. The SMILES string of the molecule is CC(F)(F)c1ccc(S(=O)(=O)N2CCC3(CC2)OC(c2cc(Cl)cc[n+]2[O-])c2ccccc23)nc1. The smallest absolute Gasteiger partial charge is 0.272 e. The molecule has 184 valence electrons. The third-order valence-electron chi connectivity index (χ3n) is 6.63. The number of halogens is 3. The molecule has 35 heavy (non-hydrogen) atoms. The number of hydrogen-bond donors (Lipinski definition) is 0. The summed E-state index contributed by atoms with van der Waals surface area (Å²) in [6.45, 7) is 1.01. The van der Waals surface area contributed by atoms with Gasteiger partial charge in [0.25, 0.3) is 15.9 Å². The summed E-state index contributed by atoms with van der Waals surface area (Å²) in [6, 6.07) is 12.8. The third-order valence-corrected chi connectivity index (χ3v) is 8.68. The number of nitrogens with zero attached hydrogens (tertiary/aromatic N) is 3. The second-order valence-corrected chi connectivity index (χ2v) is 11.2. The van der Waals surface area contributed by atoms with Gasteiger partial charge < -0.3 is 9.94 Å². The van der Waals surface area contributed by atoms with Crippen LogP contribution in [-0.2, 0) is 26.3 Å². The number of hydrogen-bond acceptors (Lipinski definition) is 5. The first-order valence-electron chi connectivity index (χ1n) is 11.0. The van der Waals surface area contributed by atoms with E-state index >= 15 is 0 Å². The molecule has 0 saturated carbocycles. The minimum absolute atomic E-state index is 0.143. The van der Waals surface area contributed by atoms with Crippen LogP contribution in [0.15, 0.2) is 66.0 Å². The molecule has 1 spiro atoms. The van der Waals surface area contributed by atoms with Crippen LogP contribution in [-0.4, -0.2) is 30.8 Å². The largest absolute Gasteiger partial charge is 0.618 e. The van der Waals surface area contributed by atoms with Crippen molar-refractivity contribution in [2.45, 2.75) is 42.4 Å². The average Bonchev–Trinajstić information content (AvgIpc) is 3.14. The molecule has 1 atom stereocenters. The summed E-state index contributed by atoms with van der Waals surface area (Å²) in [5, 5.41) is 12.6. The quantitative estimate of drug-likeness (QED) is 0.378. The lowest BCUT2D eigenvalue weighted by Gasteiger charge is -2.38. The lowest BCUT2D eigenvalue weighted by molar-refractivity contribution is -0.618. The van der Waals surface area contributed by atoms with Crippen LogP contribution in [0.3, 0.4) is 0 Å². The molecule has 1 unspecified atom stereocenters. The topological polar surface area (TPSA) is 86.4 Å². The van der Waals surface area contributed by atoms with Crippen LogP contribution < -0.4 is 4.73 Å². The third kappa shape index (κ3) is 4.18. The Morgan fingerprint density at radius 2 is 1.91 bits per heavy atom. The second kappa shape index (κ2) is 8.48. The van der Waals surface area contributed by atoms with Gasteiger partial charge in [-0.05, 0) is 36.1 Å². The highest BCUT2D eigenvalue weighted by molar-refractivity contribution is 7.89. The van der Waals surface area contributed by atoms with Crippen molar-refractivity contribution in [2.75, 3.05) is 13.1 Å². The van der Waals surface area contributed by atoms with Crippen molar-refractivity contribution >= 4 is 21.6 Å². The first-order valence-corrected chi connectivity index (χ1v) is 12.8. The molecular weight excluding hydrogens is 500 g/mol. The molecule has 0 N–H and O–H groups in total. The number of alkyl halides is 2. The van der Waals surface area contributed by atoms with Crippen molar-refractivity contribution in [2.24, 2.45) is 0 Å². The van der Waals surface area contributed by atoms with Crippen molar-refractivity contribution < 1.29 is 26.7 Å². The summed E-state index contributed by atoms with van der Waals surface area (Å²) in [5.74, 6) is -3.11. The van der Waals surface area contributed by atoms with Crippen LogP contribution in [0.5, 0.6) is 0 Å². The second-order valence-electron chi connectivity index (χ2n) is 8.85. The normalized spacial score (nSPS) is 20.2. The molecule has 7 nitrogen and oxygen atoms in total. The van der Waals surface area contributed by atoms with Gasteiger partial charge in [-0.2, -0.15) is 9.04 Å². The number of benzene rings is 1. The van der Waals surface area contributed by atoms with Gasteiger partial charge in [-0.1, -0.05) is 35.9 Å². The van der Waals surface area contributed by atoms with Gasteiger partial charge in [0.15, 0.2) is 17.3 Å². The molecular formula is C24H22ClF2N3O4S. The zero-order valence-electron chi connectivity index (χ0n) is 18.7. The number of pyridine rings is 2. The number of aromatic nitrogens is 2. The lowest BCUT2D eigenvalue weighted by atomic mass is 9.84. The van der Waals surface area contributed by atoms with E-state index in [0.29, 0.717) is 23.6 Å². The first-order chi connectivity index (χ1) is 16.5. The van der Waals surface area contributed by atoms with Crippen LogP contribution in [0.2, 0.25) is 5.02 Å². The van der Waals surface area contributed by atoms with Crippen molar-refractivity contribution in [1.82, 2.24) is 9.29 Å². The van der Waals surface area contributed by atoms with Crippen molar-refractivity contribution in [3.05, 3.63) is 93.5 Å². The van der Waals surface area contributed by atoms with Crippen LogP contribution in [0.4, 0.5) is 8.78 Å². The highest BCUT2D eigenvalue weighted by atomic mass is 35.5. The Hall–Kier alpha value is -2.66.